The topological polar surface area (TPSA) is 40.4 Å². The van der Waals surface area contributed by atoms with E-state index < -0.39 is 0 Å². The number of hydrogen-bond donors (Lipinski definition) is 0. The molecule has 0 atom stereocenters. The van der Waals surface area contributed by atoms with E-state index in [9.17, 15) is 4.79 Å². The van der Waals surface area contributed by atoms with Crippen molar-refractivity contribution in [1.82, 2.24) is 0 Å². The number of carbonyl (C=O) groups excluding carboxylic acids is 1. The van der Waals surface area contributed by atoms with Gasteiger partial charge in [0.25, 0.3) is 0 Å². The van der Waals surface area contributed by atoms with E-state index in [1.165, 1.54) is 0 Å². The third-order valence-electron chi connectivity index (χ3n) is 1.35. The molecule has 66 valence electrons. The van der Waals surface area contributed by atoms with Crippen molar-refractivity contribution >= 4 is 17.3 Å². The number of aromatic amines is 1. The van der Waals surface area contributed by atoms with Gasteiger partial charge in [-0.15, -0.1) is 0 Å². The SMILES string of the molecule is CCOC(=O)Cc1csc(C)[nH+]1. The van der Waals surface area contributed by atoms with E-state index in [2.05, 4.69) is 4.98 Å². The van der Waals surface area contributed by atoms with Crippen molar-refractivity contribution < 1.29 is 14.5 Å². The van der Waals surface area contributed by atoms with Gasteiger partial charge >= 0.3 is 5.97 Å². The molecule has 1 aromatic heterocycles. The Hall–Kier alpha value is -0.900. The summed E-state index contributed by atoms with van der Waals surface area (Å²) in [6, 6.07) is 0. The highest BCUT2D eigenvalue weighted by molar-refractivity contribution is 7.09. The number of H-pyrrole nitrogens is 1. The summed E-state index contributed by atoms with van der Waals surface area (Å²) in [6.07, 6.45) is 0.345. The van der Waals surface area contributed by atoms with E-state index in [1.54, 1.807) is 18.3 Å². The predicted molar refractivity (Wildman–Crippen MR) is 45.9 cm³/mol. The molecule has 0 aliphatic carbocycles. The van der Waals surface area contributed by atoms with Crippen LogP contribution in [0.3, 0.4) is 0 Å². The van der Waals surface area contributed by atoms with Gasteiger partial charge in [-0.25, -0.2) is 4.98 Å². The summed E-state index contributed by atoms with van der Waals surface area (Å²) in [5.74, 6) is -0.174. The Morgan fingerprint density at radius 3 is 3.00 bits per heavy atom. The highest BCUT2D eigenvalue weighted by Gasteiger charge is 2.11. The molecule has 0 spiro atoms. The van der Waals surface area contributed by atoms with Crippen LogP contribution in [0.25, 0.3) is 0 Å². The minimum atomic E-state index is -0.174. The van der Waals surface area contributed by atoms with Gasteiger partial charge < -0.3 is 4.74 Å². The van der Waals surface area contributed by atoms with Gasteiger partial charge in [-0.2, -0.15) is 0 Å². The molecular weight excluding hydrogens is 174 g/mol. The lowest BCUT2D eigenvalue weighted by Gasteiger charge is -1.95. The van der Waals surface area contributed by atoms with Crippen LogP contribution in [0.15, 0.2) is 5.38 Å². The summed E-state index contributed by atoms with van der Waals surface area (Å²) >= 11 is 1.60. The van der Waals surface area contributed by atoms with Gasteiger partial charge in [0.2, 0.25) is 10.7 Å². The molecule has 0 aliphatic rings. The lowest BCUT2D eigenvalue weighted by atomic mass is 10.3. The minimum Gasteiger partial charge on any atom is -0.466 e. The van der Waals surface area contributed by atoms with Crippen molar-refractivity contribution in [3.8, 4) is 0 Å². The molecular formula is C8H12NO2S+. The number of carbonyl (C=O) groups is 1. The molecule has 4 heteroatoms. The Labute approximate surface area is 75.4 Å². The summed E-state index contributed by atoms with van der Waals surface area (Å²) in [6.45, 7) is 4.22. The fraction of sp³-hybridized carbons (Fsp3) is 0.500. The number of aromatic nitrogens is 1. The molecule has 0 saturated heterocycles. The van der Waals surface area contributed by atoms with E-state index >= 15 is 0 Å². The van der Waals surface area contributed by atoms with Crippen LogP contribution in [0.5, 0.6) is 0 Å². The van der Waals surface area contributed by atoms with Gasteiger partial charge in [0.1, 0.15) is 6.42 Å². The number of thiazole rings is 1. The van der Waals surface area contributed by atoms with Crippen molar-refractivity contribution in [2.75, 3.05) is 6.61 Å². The second-order valence-corrected chi connectivity index (χ2v) is 3.51. The van der Waals surface area contributed by atoms with Crippen molar-refractivity contribution in [1.29, 1.82) is 0 Å². The average molecular weight is 186 g/mol. The highest BCUT2D eigenvalue weighted by Crippen LogP contribution is 2.03. The number of ether oxygens (including phenoxy) is 1. The maximum Gasteiger partial charge on any atom is 0.316 e. The molecule has 1 heterocycles. The second kappa shape index (κ2) is 4.21. The quantitative estimate of drug-likeness (QED) is 0.660. The fourth-order valence-corrected chi connectivity index (χ4v) is 1.55. The summed E-state index contributed by atoms with van der Waals surface area (Å²) in [5.41, 5.74) is 0.927. The number of hydrogen-bond acceptors (Lipinski definition) is 3. The first kappa shape index (κ1) is 9.19. The first-order valence-electron chi connectivity index (χ1n) is 3.84. The van der Waals surface area contributed by atoms with Crippen LogP contribution in [0.1, 0.15) is 17.6 Å². The summed E-state index contributed by atoms with van der Waals surface area (Å²) in [5, 5.41) is 3.04. The van der Waals surface area contributed by atoms with Crippen molar-refractivity contribution in [2.24, 2.45) is 0 Å². The van der Waals surface area contributed by atoms with Crippen molar-refractivity contribution in [2.45, 2.75) is 20.3 Å². The average Bonchev–Trinajstić information content (AvgIpc) is 2.36. The Morgan fingerprint density at radius 2 is 2.50 bits per heavy atom. The van der Waals surface area contributed by atoms with Crippen LogP contribution in [0, 0.1) is 6.92 Å². The van der Waals surface area contributed by atoms with Crippen LogP contribution in [-0.2, 0) is 16.0 Å². The maximum absolute atomic E-state index is 11.0. The molecule has 0 saturated carbocycles. The zero-order valence-corrected chi connectivity index (χ0v) is 8.03. The monoisotopic (exact) mass is 186 g/mol. The predicted octanol–water partition coefficient (Wildman–Crippen LogP) is 0.976. The van der Waals surface area contributed by atoms with Crippen LogP contribution in [0.4, 0.5) is 0 Å². The largest absolute Gasteiger partial charge is 0.466 e. The molecule has 12 heavy (non-hydrogen) atoms. The van der Waals surface area contributed by atoms with Crippen LogP contribution < -0.4 is 4.98 Å². The van der Waals surface area contributed by atoms with Crippen molar-refractivity contribution in [3.63, 3.8) is 0 Å². The lowest BCUT2D eigenvalue weighted by molar-refractivity contribution is -0.390. The standard InChI is InChI=1S/C8H11NO2S/c1-3-11-8(10)4-7-5-12-6(2)9-7/h5H,3-4H2,1-2H3/p+1. The third-order valence-corrected chi connectivity index (χ3v) is 2.21. The zero-order valence-electron chi connectivity index (χ0n) is 7.22. The second-order valence-electron chi connectivity index (χ2n) is 2.42. The lowest BCUT2D eigenvalue weighted by Crippen LogP contribution is -2.15. The Kier molecular flexibility index (Phi) is 3.22. The van der Waals surface area contributed by atoms with E-state index in [0.29, 0.717) is 13.0 Å². The molecule has 3 nitrogen and oxygen atoms in total. The van der Waals surface area contributed by atoms with Crippen LogP contribution in [-0.4, -0.2) is 12.6 Å². The molecule has 0 fully saturated rings. The van der Waals surface area contributed by atoms with E-state index in [1.807, 2.05) is 12.3 Å². The van der Waals surface area contributed by atoms with Gasteiger partial charge in [-0.1, -0.05) is 11.3 Å². The van der Waals surface area contributed by atoms with Crippen LogP contribution >= 0.6 is 11.3 Å². The van der Waals surface area contributed by atoms with Crippen LogP contribution in [0.2, 0.25) is 0 Å². The Morgan fingerprint density at radius 1 is 1.75 bits per heavy atom. The van der Waals surface area contributed by atoms with Gasteiger partial charge in [0.05, 0.1) is 12.0 Å². The normalized spacial score (nSPS) is 9.83. The molecule has 1 aromatic rings. The first-order valence-corrected chi connectivity index (χ1v) is 4.72. The number of esters is 1. The summed E-state index contributed by atoms with van der Waals surface area (Å²) in [4.78, 5) is 14.1. The van der Waals surface area contributed by atoms with Gasteiger partial charge in [-0.3, -0.25) is 4.79 Å². The smallest absolute Gasteiger partial charge is 0.316 e. The first-order chi connectivity index (χ1) is 5.72. The minimum absolute atomic E-state index is 0.174. The highest BCUT2D eigenvalue weighted by atomic mass is 32.1. The number of rotatable bonds is 3. The molecule has 0 radical (unpaired) electrons. The molecule has 0 aromatic carbocycles. The Balaban J connectivity index is 2.46. The van der Waals surface area contributed by atoms with Gasteiger partial charge in [0.15, 0.2) is 0 Å². The number of aryl methyl sites for hydroxylation is 1. The molecule has 0 amide bonds. The summed E-state index contributed by atoms with van der Waals surface area (Å²) in [7, 11) is 0. The molecule has 0 unspecified atom stereocenters. The van der Waals surface area contributed by atoms with E-state index in [-0.39, 0.29) is 5.97 Å². The van der Waals surface area contributed by atoms with Gasteiger partial charge in [-0.05, 0) is 6.92 Å². The van der Waals surface area contributed by atoms with E-state index in [0.717, 1.165) is 10.7 Å². The zero-order chi connectivity index (χ0) is 8.97. The molecule has 1 rings (SSSR count). The fourth-order valence-electron chi connectivity index (χ4n) is 0.898. The molecule has 1 N–H and O–H groups in total. The molecule has 0 aliphatic heterocycles. The van der Waals surface area contributed by atoms with E-state index in [4.69, 9.17) is 4.74 Å². The summed E-state index contributed by atoms with van der Waals surface area (Å²) < 4.78 is 4.80. The Bertz CT molecular complexity index is 270. The van der Waals surface area contributed by atoms with Gasteiger partial charge in [0, 0.05) is 6.92 Å². The third kappa shape index (κ3) is 2.62. The number of nitrogens with one attached hydrogen (secondary N) is 1. The van der Waals surface area contributed by atoms with Crippen molar-refractivity contribution in [3.05, 3.63) is 16.1 Å². The molecule has 0 bridgehead atoms. The maximum atomic E-state index is 11.0.